The Morgan fingerprint density at radius 1 is 1.00 bits per heavy atom. The van der Waals surface area contributed by atoms with Gasteiger partial charge in [0.2, 0.25) is 0 Å². The van der Waals surface area contributed by atoms with Crippen LogP contribution in [0.2, 0.25) is 0 Å². The second-order valence-corrected chi connectivity index (χ2v) is 6.62. The van der Waals surface area contributed by atoms with Crippen LogP contribution in [0.5, 0.6) is 0 Å². The van der Waals surface area contributed by atoms with Gasteiger partial charge < -0.3 is 14.9 Å². The van der Waals surface area contributed by atoms with Crippen LogP contribution in [-0.2, 0) is 6.54 Å². The van der Waals surface area contributed by atoms with Gasteiger partial charge in [-0.15, -0.1) is 0 Å². The fourth-order valence-electron chi connectivity index (χ4n) is 3.28. The molecule has 0 radical (unpaired) electrons. The molecule has 0 aliphatic carbocycles. The fourth-order valence-corrected chi connectivity index (χ4v) is 3.28. The summed E-state index contributed by atoms with van der Waals surface area (Å²) < 4.78 is 2.11. The van der Waals surface area contributed by atoms with E-state index in [2.05, 4.69) is 30.9 Å². The number of H-pyrrole nitrogens is 1. The quantitative estimate of drug-likeness (QED) is 0.499. The molecule has 1 amide bonds. The molecule has 28 heavy (non-hydrogen) atoms. The maximum absolute atomic E-state index is 12.5. The highest BCUT2D eigenvalue weighted by atomic mass is 16.1. The first-order chi connectivity index (χ1) is 13.8. The summed E-state index contributed by atoms with van der Waals surface area (Å²) in [5, 5.41) is 3.88. The largest absolute Gasteiger partial charge is 0.346 e. The number of aromatic nitrogens is 4. The van der Waals surface area contributed by atoms with E-state index < -0.39 is 0 Å². The van der Waals surface area contributed by atoms with Crippen LogP contribution in [0, 0.1) is 0 Å². The number of pyridine rings is 1. The number of aromatic amines is 1. The average Bonchev–Trinajstić information content (AvgIpc) is 3.36. The number of nitrogens with zero attached hydrogens (tertiary/aromatic N) is 3. The summed E-state index contributed by atoms with van der Waals surface area (Å²) in [6.07, 6.45) is 3.66. The number of hydrogen-bond acceptors (Lipinski definition) is 3. The van der Waals surface area contributed by atoms with E-state index in [-0.39, 0.29) is 5.91 Å². The molecule has 0 unspecified atom stereocenters. The Morgan fingerprint density at radius 2 is 1.86 bits per heavy atom. The third-order valence-electron chi connectivity index (χ3n) is 4.73. The summed E-state index contributed by atoms with van der Waals surface area (Å²) in [7, 11) is 0. The van der Waals surface area contributed by atoms with E-state index >= 15 is 0 Å². The number of hydrogen-bond donors (Lipinski definition) is 2. The van der Waals surface area contributed by atoms with Crippen molar-refractivity contribution in [3.63, 3.8) is 0 Å². The van der Waals surface area contributed by atoms with Crippen LogP contribution in [0.1, 0.15) is 16.1 Å². The molecule has 6 nitrogen and oxygen atoms in total. The van der Waals surface area contributed by atoms with Gasteiger partial charge >= 0.3 is 0 Å². The molecule has 2 N–H and O–H groups in total. The van der Waals surface area contributed by atoms with Crippen molar-refractivity contribution in [3.05, 3.63) is 90.5 Å². The molecule has 6 heteroatoms. The van der Waals surface area contributed by atoms with Gasteiger partial charge in [0, 0.05) is 23.8 Å². The van der Waals surface area contributed by atoms with Crippen LogP contribution in [0.3, 0.4) is 0 Å². The molecule has 3 heterocycles. The van der Waals surface area contributed by atoms with Crippen LogP contribution in [0.15, 0.2) is 79.3 Å². The predicted molar refractivity (Wildman–Crippen MR) is 109 cm³/mol. The molecule has 0 saturated carbocycles. The van der Waals surface area contributed by atoms with E-state index in [9.17, 15) is 4.79 Å². The first kappa shape index (κ1) is 16.3. The Balaban J connectivity index is 1.31. The van der Waals surface area contributed by atoms with E-state index in [0.29, 0.717) is 11.3 Å². The number of imidazole rings is 1. The number of nitrogens with one attached hydrogen (secondary N) is 2. The number of para-hydroxylation sites is 2. The topological polar surface area (TPSA) is 75.6 Å². The van der Waals surface area contributed by atoms with Crippen LogP contribution in [0.25, 0.3) is 22.1 Å². The van der Waals surface area contributed by atoms with E-state index in [1.165, 1.54) is 0 Å². The highest BCUT2D eigenvalue weighted by Gasteiger charge is 2.09. The Labute approximate surface area is 160 Å². The number of rotatable bonds is 4. The van der Waals surface area contributed by atoms with Crippen molar-refractivity contribution in [1.29, 1.82) is 0 Å². The second-order valence-electron chi connectivity index (χ2n) is 6.62. The van der Waals surface area contributed by atoms with Gasteiger partial charge in [0.25, 0.3) is 5.91 Å². The monoisotopic (exact) mass is 367 g/mol. The summed E-state index contributed by atoms with van der Waals surface area (Å²) in [6.45, 7) is 0.722. The minimum absolute atomic E-state index is 0.232. The summed E-state index contributed by atoms with van der Waals surface area (Å²) >= 11 is 0. The molecule has 3 aromatic heterocycles. The van der Waals surface area contributed by atoms with Crippen molar-refractivity contribution in [2.75, 3.05) is 5.32 Å². The number of amides is 1. The molecule has 5 aromatic rings. The standard InChI is InChI=1S/C22H17N5O/c28-22(19-10-7-16-11-12-23-21(16)26-19)25-17-8-5-15(6-9-17)13-27-14-24-18-3-1-2-4-20(18)27/h1-12,14H,13H2,(H,23,26)(H,25,28). The number of fused-ring (bicyclic) bond motifs is 2. The average molecular weight is 367 g/mol. The minimum Gasteiger partial charge on any atom is -0.346 e. The fraction of sp³-hybridized carbons (Fsp3) is 0.0455. The Hall–Kier alpha value is -3.93. The number of anilines is 1. The van der Waals surface area contributed by atoms with Crippen molar-refractivity contribution in [3.8, 4) is 0 Å². The zero-order chi connectivity index (χ0) is 18.9. The molecule has 5 rings (SSSR count). The SMILES string of the molecule is O=C(Nc1ccc(Cn2cnc3ccccc32)cc1)c1ccc2cc[nH]c2n1. The van der Waals surface area contributed by atoms with Gasteiger partial charge in [-0.05, 0) is 48.0 Å². The molecule has 0 bridgehead atoms. The van der Waals surface area contributed by atoms with Gasteiger partial charge in [-0.2, -0.15) is 0 Å². The minimum atomic E-state index is -0.232. The summed E-state index contributed by atoms with van der Waals surface area (Å²) in [4.78, 5) is 24.3. The summed E-state index contributed by atoms with van der Waals surface area (Å²) in [6, 6.07) is 21.4. The molecule has 2 aromatic carbocycles. The zero-order valence-corrected chi connectivity index (χ0v) is 15.0. The van der Waals surface area contributed by atoms with Crippen LogP contribution in [-0.4, -0.2) is 25.4 Å². The van der Waals surface area contributed by atoms with Gasteiger partial charge in [0.1, 0.15) is 11.3 Å². The first-order valence-electron chi connectivity index (χ1n) is 9.00. The molecule has 0 atom stereocenters. The predicted octanol–water partition coefficient (Wildman–Crippen LogP) is 4.21. The van der Waals surface area contributed by atoms with Crippen molar-refractivity contribution in [1.82, 2.24) is 19.5 Å². The van der Waals surface area contributed by atoms with E-state index in [1.54, 1.807) is 6.07 Å². The van der Waals surface area contributed by atoms with E-state index in [0.717, 1.165) is 34.2 Å². The lowest BCUT2D eigenvalue weighted by molar-refractivity contribution is 0.102. The second kappa shape index (κ2) is 6.66. The summed E-state index contributed by atoms with van der Waals surface area (Å²) in [5.41, 5.74) is 5.03. The summed E-state index contributed by atoms with van der Waals surface area (Å²) in [5.74, 6) is -0.232. The van der Waals surface area contributed by atoms with Gasteiger partial charge in [-0.1, -0.05) is 24.3 Å². The molecule has 0 aliphatic heterocycles. The molecule has 0 aliphatic rings. The Kier molecular flexibility index (Phi) is 3.87. The van der Waals surface area contributed by atoms with Gasteiger partial charge in [-0.3, -0.25) is 4.79 Å². The van der Waals surface area contributed by atoms with Gasteiger partial charge in [-0.25, -0.2) is 9.97 Å². The third-order valence-corrected chi connectivity index (χ3v) is 4.73. The number of carbonyl (C=O) groups excluding carboxylic acids is 1. The van der Waals surface area contributed by atoms with Crippen molar-refractivity contribution in [2.24, 2.45) is 0 Å². The lowest BCUT2D eigenvalue weighted by Crippen LogP contribution is -2.13. The zero-order valence-electron chi connectivity index (χ0n) is 15.0. The van der Waals surface area contributed by atoms with Crippen molar-refractivity contribution >= 4 is 33.7 Å². The van der Waals surface area contributed by atoms with Gasteiger partial charge in [0.05, 0.1) is 17.4 Å². The highest BCUT2D eigenvalue weighted by molar-refractivity contribution is 6.03. The smallest absolute Gasteiger partial charge is 0.274 e. The molecule has 0 saturated heterocycles. The van der Waals surface area contributed by atoms with Crippen LogP contribution >= 0.6 is 0 Å². The third kappa shape index (κ3) is 3.01. The van der Waals surface area contributed by atoms with Gasteiger partial charge in [0.15, 0.2) is 0 Å². The highest BCUT2D eigenvalue weighted by Crippen LogP contribution is 2.17. The van der Waals surface area contributed by atoms with Crippen molar-refractivity contribution < 1.29 is 4.79 Å². The lowest BCUT2D eigenvalue weighted by atomic mass is 10.2. The first-order valence-corrected chi connectivity index (χ1v) is 9.00. The maximum Gasteiger partial charge on any atom is 0.274 e. The van der Waals surface area contributed by atoms with E-state index in [4.69, 9.17) is 0 Å². The molecule has 0 fully saturated rings. The van der Waals surface area contributed by atoms with Crippen LogP contribution in [0.4, 0.5) is 5.69 Å². The Bertz CT molecular complexity index is 1280. The Morgan fingerprint density at radius 3 is 2.75 bits per heavy atom. The molecular weight excluding hydrogens is 350 g/mol. The molecular formula is C22H17N5O. The lowest BCUT2D eigenvalue weighted by Gasteiger charge is -2.08. The molecule has 0 spiro atoms. The van der Waals surface area contributed by atoms with Crippen molar-refractivity contribution in [2.45, 2.75) is 6.54 Å². The number of carbonyl (C=O) groups is 1. The number of benzene rings is 2. The normalized spacial score (nSPS) is 11.1. The van der Waals surface area contributed by atoms with Crippen LogP contribution < -0.4 is 5.32 Å². The molecule has 136 valence electrons. The van der Waals surface area contributed by atoms with E-state index in [1.807, 2.05) is 67.1 Å². The maximum atomic E-state index is 12.5.